The molecular formula is C66H74N2O8. The van der Waals surface area contributed by atoms with Gasteiger partial charge in [0.15, 0.2) is 23.0 Å². The summed E-state index contributed by atoms with van der Waals surface area (Å²) < 4.78 is 26.1. The van der Waals surface area contributed by atoms with Gasteiger partial charge in [0, 0.05) is 55.5 Å². The second kappa shape index (κ2) is 23.8. The van der Waals surface area contributed by atoms with E-state index < -0.39 is 0 Å². The molecule has 396 valence electrons. The molecule has 0 fully saturated rings. The van der Waals surface area contributed by atoms with E-state index in [2.05, 4.69) is 40.9 Å². The number of allylic oxidation sites excluding steroid dienone is 2. The zero-order chi connectivity index (χ0) is 53.6. The highest BCUT2D eigenvalue weighted by atomic mass is 16.5. The first-order chi connectivity index (χ1) is 37.1. The number of hydrogen-bond donors (Lipinski definition) is 0. The van der Waals surface area contributed by atoms with Gasteiger partial charge in [-0.3, -0.25) is 29.0 Å². The Kier molecular flexibility index (Phi) is 16.8. The van der Waals surface area contributed by atoms with Gasteiger partial charge in [-0.25, -0.2) is 0 Å². The van der Waals surface area contributed by atoms with E-state index in [1.807, 2.05) is 72.8 Å². The molecule has 0 aromatic heterocycles. The zero-order valence-electron chi connectivity index (χ0n) is 45.5. The smallest absolute Gasteiger partial charge is 0.261 e. The van der Waals surface area contributed by atoms with E-state index in [4.69, 9.17) is 18.9 Å². The summed E-state index contributed by atoms with van der Waals surface area (Å²) in [5.41, 5.74) is 3.54. The fourth-order valence-electron chi connectivity index (χ4n) is 12.0. The predicted octanol–water partition coefficient (Wildman–Crippen LogP) is 17.0. The average Bonchev–Trinajstić information content (AvgIpc) is 3.62. The number of imide groups is 2. The molecule has 0 bridgehead atoms. The Morgan fingerprint density at radius 3 is 1.09 bits per heavy atom. The van der Waals surface area contributed by atoms with Crippen LogP contribution < -0.4 is 18.9 Å². The molecule has 0 saturated heterocycles. The molecule has 0 atom stereocenters. The van der Waals surface area contributed by atoms with Crippen LogP contribution in [0.4, 0.5) is 0 Å². The van der Waals surface area contributed by atoms with Gasteiger partial charge in [-0.15, -0.1) is 13.2 Å². The zero-order valence-corrected chi connectivity index (χ0v) is 45.5. The molecular weight excluding hydrogens is 949 g/mol. The average molecular weight is 1020 g/mol. The van der Waals surface area contributed by atoms with Gasteiger partial charge in [0.2, 0.25) is 0 Å². The summed E-state index contributed by atoms with van der Waals surface area (Å²) in [5, 5.41) is 4.90. The molecule has 2 heterocycles. The molecule has 9 rings (SSSR count). The monoisotopic (exact) mass is 1020 g/mol. The van der Waals surface area contributed by atoms with Crippen LogP contribution in [0, 0.1) is 0 Å². The molecule has 0 spiro atoms. The number of amides is 4. The molecule has 7 aromatic carbocycles. The Morgan fingerprint density at radius 1 is 0.408 bits per heavy atom. The van der Waals surface area contributed by atoms with E-state index in [0.29, 0.717) is 138 Å². The van der Waals surface area contributed by atoms with E-state index in [0.717, 1.165) is 88.2 Å². The lowest BCUT2D eigenvalue weighted by Crippen LogP contribution is -2.47. The number of hydrogen-bond acceptors (Lipinski definition) is 8. The van der Waals surface area contributed by atoms with Gasteiger partial charge in [0.25, 0.3) is 23.6 Å². The molecule has 0 radical (unpaired) electrons. The number of fused-ring (bicyclic) bond motifs is 2. The Balaban J connectivity index is 1.37. The standard InChI is InChI=1S/C66H74N2O8/c1-9-15-19-25-43(26-20-16-10-2)67-63(69)47-33-31-45-60-56(76-52-36-30-42(24-14-6)38-54(52)74-8)40-50-58-48(64(70)68(66(50)72)44(27-21-17-11-3)28-22-18-12-4)34-32-46(62(58)60)59-55(39-49(65(67)71)57(47)61(45)59)75-51-35-29-41(23-13-5)37-53(51)73-7/h13-14,29-40,43-44H,5-6,9-12,15-28H2,1-4,7-8H3. The van der Waals surface area contributed by atoms with E-state index >= 15 is 19.2 Å². The Morgan fingerprint density at radius 2 is 0.763 bits per heavy atom. The van der Waals surface area contributed by atoms with E-state index in [1.165, 1.54) is 9.80 Å². The maximum Gasteiger partial charge on any atom is 0.261 e. The summed E-state index contributed by atoms with van der Waals surface area (Å²) in [6.45, 7) is 16.5. The first-order valence-electron chi connectivity index (χ1n) is 28.0. The van der Waals surface area contributed by atoms with Crippen LogP contribution in [-0.2, 0) is 12.8 Å². The van der Waals surface area contributed by atoms with Gasteiger partial charge < -0.3 is 18.9 Å². The quantitative estimate of drug-likeness (QED) is 0.0157. The topological polar surface area (TPSA) is 112 Å². The number of nitrogens with zero attached hydrogens (tertiary/aromatic N) is 2. The van der Waals surface area contributed by atoms with Crippen molar-refractivity contribution in [2.24, 2.45) is 0 Å². The number of carbonyl (C=O) groups excluding carboxylic acids is 4. The van der Waals surface area contributed by atoms with E-state index in [-0.39, 0.29) is 35.7 Å². The lowest BCUT2D eigenvalue weighted by Gasteiger charge is -2.36. The number of carbonyl (C=O) groups is 4. The minimum atomic E-state index is -0.363. The molecule has 76 heavy (non-hydrogen) atoms. The van der Waals surface area contributed by atoms with Crippen molar-refractivity contribution in [3.63, 3.8) is 0 Å². The van der Waals surface area contributed by atoms with Crippen LogP contribution >= 0.6 is 0 Å². The summed E-state index contributed by atoms with van der Waals surface area (Å²) in [6, 6.07) is 22.1. The highest BCUT2D eigenvalue weighted by Crippen LogP contribution is 2.54. The molecule has 0 aliphatic carbocycles. The van der Waals surface area contributed by atoms with Crippen molar-refractivity contribution < 1.29 is 38.1 Å². The predicted molar refractivity (Wildman–Crippen MR) is 307 cm³/mol. The summed E-state index contributed by atoms with van der Waals surface area (Å²) >= 11 is 0. The highest BCUT2D eigenvalue weighted by molar-refractivity contribution is 6.43. The summed E-state index contributed by atoms with van der Waals surface area (Å²) in [5.74, 6) is 1.19. The summed E-state index contributed by atoms with van der Waals surface area (Å²) in [4.78, 5) is 64.7. The van der Waals surface area contributed by atoms with Crippen molar-refractivity contribution in [2.75, 3.05) is 14.2 Å². The maximum atomic E-state index is 15.5. The fraction of sp³-hybridized carbons (Fsp3) is 0.394. The lowest BCUT2D eigenvalue weighted by molar-refractivity contribution is 0.0501. The molecule has 2 aliphatic heterocycles. The SMILES string of the molecule is C=CCc1ccc(Oc2cc3c4c(ccc5c6c(Oc7ccc(CC=C)cc7OC)cc7c8c(ccc(c2c45)c86)C(=O)N(C(CCCCC)CCCCC)C7=O)C(=O)N(C(CCCCC)CCCCC)C3=O)c(OC)c1. The largest absolute Gasteiger partial charge is 0.493 e. The van der Waals surface area contributed by atoms with Gasteiger partial charge in [0.1, 0.15) is 11.5 Å². The highest BCUT2D eigenvalue weighted by Gasteiger charge is 2.42. The van der Waals surface area contributed by atoms with Gasteiger partial charge in [-0.2, -0.15) is 0 Å². The van der Waals surface area contributed by atoms with Gasteiger partial charge >= 0.3 is 0 Å². The van der Waals surface area contributed by atoms with Crippen LogP contribution in [0.5, 0.6) is 34.5 Å². The lowest BCUT2D eigenvalue weighted by atomic mass is 9.81. The van der Waals surface area contributed by atoms with Crippen LogP contribution in [0.1, 0.15) is 183 Å². The molecule has 10 nitrogen and oxygen atoms in total. The maximum absolute atomic E-state index is 15.5. The molecule has 0 saturated carbocycles. The Hall–Kier alpha value is -7.20. The van der Waals surface area contributed by atoms with Crippen LogP contribution in [-0.4, -0.2) is 59.7 Å². The molecule has 10 heteroatoms. The molecule has 2 aliphatic rings. The normalized spacial score (nSPS) is 13.4. The first kappa shape index (κ1) is 53.6. The fourth-order valence-corrected chi connectivity index (χ4v) is 12.0. The van der Waals surface area contributed by atoms with Crippen molar-refractivity contribution in [3.8, 4) is 34.5 Å². The third kappa shape index (κ3) is 9.91. The van der Waals surface area contributed by atoms with Crippen LogP contribution in [0.15, 0.2) is 98.1 Å². The van der Waals surface area contributed by atoms with Crippen molar-refractivity contribution in [3.05, 3.63) is 131 Å². The second-order valence-corrected chi connectivity index (χ2v) is 20.8. The molecule has 0 N–H and O–H groups in total. The van der Waals surface area contributed by atoms with E-state index in [9.17, 15) is 0 Å². The number of benzene rings is 7. The number of rotatable bonds is 28. The third-order valence-electron chi connectivity index (χ3n) is 15.8. The van der Waals surface area contributed by atoms with Crippen LogP contribution in [0.2, 0.25) is 0 Å². The summed E-state index contributed by atoms with van der Waals surface area (Å²) in [7, 11) is 3.19. The minimum absolute atomic E-state index is 0.285. The summed E-state index contributed by atoms with van der Waals surface area (Å²) in [6.07, 6.45) is 19.5. The third-order valence-corrected chi connectivity index (χ3v) is 15.8. The van der Waals surface area contributed by atoms with Crippen molar-refractivity contribution in [1.82, 2.24) is 9.80 Å². The van der Waals surface area contributed by atoms with E-state index in [1.54, 1.807) is 26.4 Å². The van der Waals surface area contributed by atoms with Crippen LogP contribution in [0.25, 0.3) is 43.1 Å². The van der Waals surface area contributed by atoms with Crippen molar-refractivity contribution in [2.45, 2.75) is 155 Å². The molecule has 4 amide bonds. The van der Waals surface area contributed by atoms with Gasteiger partial charge in [0.05, 0.1) is 25.3 Å². The number of ether oxygens (including phenoxy) is 4. The minimum Gasteiger partial charge on any atom is -0.493 e. The van der Waals surface area contributed by atoms with Crippen molar-refractivity contribution in [1.29, 1.82) is 0 Å². The number of methoxy groups -OCH3 is 2. The Labute approximate surface area is 448 Å². The van der Waals surface area contributed by atoms with Gasteiger partial charge in [-0.05, 0) is 109 Å². The van der Waals surface area contributed by atoms with Gasteiger partial charge in [-0.1, -0.05) is 141 Å². The second-order valence-electron chi connectivity index (χ2n) is 20.8. The van der Waals surface area contributed by atoms with Crippen molar-refractivity contribution >= 4 is 66.7 Å². The molecule has 0 unspecified atom stereocenters. The molecule has 7 aromatic rings. The van der Waals surface area contributed by atoms with Crippen LogP contribution in [0.3, 0.4) is 0 Å². The Bertz CT molecular complexity index is 3110. The first-order valence-corrected chi connectivity index (χ1v) is 28.0. The number of unbranched alkanes of at least 4 members (excludes halogenated alkanes) is 8.